The summed E-state index contributed by atoms with van der Waals surface area (Å²) in [6.07, 6.45) is 8.14. The summed E-state index contributed by atoms with van der Waals surface area (Å²) in [7, 11) is 4.32. The zero-order valence-corrected chi connectivity index (χ0v) is 22.6. The van der Waals surface area contributed by atoms with Gasteiger partial charge in [0.2, 0.25) is 0 Å². The first-order valence-electron chi connectivity index (χ1n) is 12.2. The van der Waals surface area contributed by atoms with Gasteiger partial charge in [-0.1, -0.05) is 23.2 Å². The van der Waals surface area contributed by atoms with Crippen LogP contribution in [0.5, 0.6) is 0 Å². The number of imidazole rings is 1. The van der Waals surface area contributed by atoms with Gasteiger partial charge in [0.25, 0.3) is 5.91 Å². The maximum Gasteiger partial charge on any atom is 0.251 e. The molecule has 7 nitrogen and oxygen atoms in total. The molecule has 3 aromatic rings. The number of fused-ring (bicyclic) bond motifs is 1. The highest BCUT2D eigenvalue weighted by Gasteiger charge is 2.28. The Labute approximate surface area is 217 Å². The normalized spacial score (nSPS) is 18.3. The number of anilines is 1. The Hall–Kier alpha value is -2.35. The molecule has 1 aromatic carbocycles. The van der Waals surface area contributed by atoms with Crippen molar-refractivity contribution < 1.29 is 4.79 Å². The topological polar surface area (TPSA) is 65.8 Å². The Bertz CT molecular complexity index is 1220. The van der Waals surface area contributed by atoms with Crippen LogP contribution >= 0.6 is 23.2 Å². The lowest BCUT2D eigenvalue weighted by atomic mass is 9.89. The first-order chi connectivity index (χ1) is 16.7. The fourth-order valence-corrected chi connectivity index (χ4v) is 5.76. The van der Waals surface area contributed by atoms with Crippen LogP contribution in [-0.2, 0) is 6.54 Å². The Morgan fingerprint density at radius 3 is 2.49 bits per heavy atom. The van der Waals surface area contributed by atoms with Gasteiger partial charge in [-0.25, -0.2) is 9.97 Å². The SMILES string of the molecule is CCN(c1cc(Cl)cc(C(=O)NCc2c(Cl)nc(C)n3ccnc23)c1C)C1CCC(N(C)C)CC1. The number of aromatic nitrogens is 3. The lowest BCUT2D eigenvalue weighted by Crippen LogP contribution is -2.42. The molecule has 0 radical (unpaired) electrons. The monoisotopic (exact) mass is 516 g/mol. The molecule has 1 aliphatic rings. The molecule has 1 fully saturated rings. The molecule has 0 saturated heterocycles. The van der Waals surface area contributed by atoms with Crippen LogP contribution in [0.2, 0.25) is 10.2 Å². The zero-order valence-electron chi connectivity index (χ0n) is 21.1. The molecule has 1 aliphatic carbocycles. The van der Waals surface area contributed by atoms with Crippen molar-refractivity contribution in [3.05, 3.63) is 57.2 Å². The number of benzene rings is 1. The number of nitrogens with one attached hydrogen (secondary N) is 1. The van der Waals surface area contributed by atoms with E-state index in [1.54, 1.807) is 12.3 Å². The van der Waals surface area contributed by atoms with Gasteiger partial charge >= 0.3 is 0 Å². The molecule has 2 aromatic heterocycles. The van der Waals surface area contributed by atoms with E-state index in [2.05, 4.69) is 46.1 Å². The second-order valence-electron chi connectivity index (χ2n) is 9.54. The number of aryl methyl sites for hydroxylation is 1. The molecule has 9 heteroatoms. The van der Waals surface area contributed by atoms with Crippen LogP contribution in [0.4, 0.5) is 5.69 Å². The number of carbonyl (C=O) groups is 1. The Morgan fingerprint density at radius 2 is 1.83 bits per heavy atom. The van der Waals surface area contributed by atoms with Gasteiger partial charge in [-0.05, 0) is 78.2 Å². The summed E-state index contributed by atoms with van der Waals surface area (Å²) in [6, 6.07) is 4.81. The maximum atomic E-state index is 13.3. The van der Waals surface area contributed by atoms with E-state index in [4.69, 9.17) is 23.2 Å². The minimum Gasteiger partial charge on any atom is -0.369 e. The highest BCUT2D eigenvalue weighted by Crippen LogP contribution is 2.34. The first kappa shape index (κ1) is 25.7. The number of rotatable bonds is 7. The van der Waals surface area contributed by atoms with Gasteiger partial charge in [-0.3, -0.25) is 9.20 Å². The molecular weight excluding hydrogens is 483 g/mol. The van der Waals surface area contributed by atoms with E-state index in [-0.39, 0.29) is 12.5 Å². The van der Waals surface area contributed by atoms with E-state index in [0.29, 0.717) is 39.0 Å². The quantitative estimate of drug-likeness (QED) is 0.432. The van der Waals surface area contributed by atoms with Gasteiger partial charge in [0.1, 0.15) is 16.6 Å². The van der Waals surface area contributed by atoms with Crippen LogP contribution in [0.25, 0.3) is 5.65 Å². The first-order valence-corrected chi connectivity index (χ1v) is 13.0. The molecule has 4 rings (SSSR count). The van der Waals surface area contributed by atoms with Crippen LogP contribution in [0.3, 0.4) is 0 Å². The van der Waals surface area contributed by atoms with Crippen molar-refractivity contribution in [1.29, 1.82) is 0 Å². The molecule has 1 saturated carbocycles. The number of carbonyl (C=O) groups excluding carboxylic acids is 1. The van der Waals surface area contributed by atoms with Crippen LogP contribution in [-0.4, -0.2) is 57.9 Å². The van der Waals surface area contributed by atoms with Crippen LogP contribution in [0, 0.1) is 13.8 Å². The molecule has 0 unspecified atom stereocenters. The van der Waals surface area contributed by atoms with Gasteiger partial charge in [0.05, 0.1) is 5.56 Å². The molecule has 188 valence electrons. The number of halogens is 2. The van der Waals surface area contributed by atoms with E-state index < -0.39 is 0 Å². The van der Waals surface area contributed by atoms with Gasteiger partial charge in [-0.2, -0.15) is 0 Å². The van der Waals surface area contributed by atoms with Gasteiger partial charge in [0, 0.05) is 53.8 Å². The van der Waals surface area contributed by atoms with Gasteiger partial charge < -0.3 is 15.1 Å². The smallest absolute Gasteiger partial charge is 0.251 e. The predicted octanol–water partition coefficient (Wildman–Crippen LogP) is 5.28. The predicted molar refractivity (Wildman–Crippen MR) is 143 cm³/mol. The maximum absolute atomic E-state index is 13.3. The number of amides is 1. The fourth-order valence-electron chi connectivity index (χ4n) is 5.27. The number of hydrogen-bond donors (Lipinski definition) is 1. The average molecular weight is 518 g/mol. The lowest BCUT2D eigenvalue weighted by Gasteiger charge is -2.40. The van der Waals surface area contributed by atoms with Crippen molar-refractivity contribution in [3.63, 3.8) is 0 Å². The largest absolute Gasteiger partial charge is 0.369 e. The van der Waals surface area contributed by atoms with Crippen molar-refractivity contribution in [2.24, 2.45) is 0 Å². The van der Waals surface area contributed by atoms with Crippen LogP contribution in [0.1, 0.15) is 59.9 Å². The number of hydrogen-bond acceptors (Lipinski definition) is 5. The summed E-state index contributed by atoms with van der Waals surface area (Å²) in [4.78, 5) is 26.8. The van der Waals surface area contributed by atoms with Crippen molar-refractivity contribution in [1.82, 2.24) is 24.6 Å². The van der Waals surface area contributed by atoms with E-state index >= 15 is 0 Å². The summed E-state index contributed by atoms with van der Waals surface area (Å²) in [5.41, 5.74) is 3.91. The highest BCUT2D eigenvalue weighted by molar-refractivity contribution is 6.31. The third-order valence-electron chi connectivity index (χ3n) is 7.27. The molecule has 1 N–H and O–H groups in total. The van der Waals surface area contributed by atoms with Crippen molar-refractivity contribution in [3.8, 4) is 0 Å². The van der Waals surface area contributed by atoms with E-state index in [9.17, 15) is 4.79 Å². The Kier molecular flexibility index (Phi) is 7.89. The van der Waals surface area contributed by atoms with Crippen LogP contribution < -0.4 is 10.2 Å². The Morgan fingerprint density at radius 1 is 1.14 bits per heavy atom. The van der Waals surface area contributed by atoms with E-state index in [0.717, 1.165) is 36.5 Å². The van der Waals surface area contributed by atoms with Crippen molar-refractivity contribution in [2.45, 2.75) is 65.1 Å². The van der Waals surface area contributed by atoms with Gasteiger partial charge in [-0.15, -0.1) is 0 Å². The molecular formula is C26H34Cl2N6O. The molecule has 0 atom stereocenters. The lowest BCUT2D eigenvalue weighted by molar-refractivity contribution is 0.0950. The van der Waals surface area contributed by atoms with Crippen molar-refractivity contribution >= 4 is 40.4 Å². The third kappa shape index (κ3) is 5.27. The fraction of sp³-hybridized carbons (Fsp3) is 0.500. The second-order valence-corrected chi connectivity index (χ2v) is 10.3. The summed E-state index contributed by atoms with van der Waals surface area (Å²) >= 11 is 12.9. The third-order valence-corrected chi connectivity index (χ3v) is 7.80. The van der Waals surface area contributed by atoms with E-state index in [1.807, 2.05) is 30.5 Å². The van der Waals surface area contributed by atoms with Gasteiger partial charge in [0.15, 0.2) is 0 Å². The summed E-state index contributed by atoms with van der Waals surface area (Å²) in [5, 5.41) is 3.91. The summed E-state index contributed by atoms with van der Waals surface area (Å²) in [6.45, 7) is 7.12. The Balaban J connectivity index is 1.56. The summed E-state index contributed by atoms with van der Waals surface area (Å²) < 4.78 is 1.86. The molecule has 35 heavy (non-hydrogen) atoms. The van der Waals surface area contributed by atoms with Crippen molar-refractivity contribution in [2.75, 3.05) is 25.5 Å². The van der Waals surface area contributed by atoms with E-state index in [1.165, 1.54) is 12.8 Å². The molecule has 0 bridgehead atoms. The molecule has 2 heterocycles. The summed E-state index contributed by atoms with van der Waals surface area (Å²) in [5.74, 6) is 0.548. The second kappa shape index (κ2) is 10.7. The minimum atomic E-state index is -0.194. The highest BCUT2D eigenvalue weighted by atomic mass is 35.5. The molecule has 1 amide bonds. The standard InChI is InChI=1S/C26H34Cl2N6O/c1-6-33(20-9-7-19(8-10-20)32(4)5)23-14-18(27)13-21(16(23)2)26(35)30-15-22-24(28)31-17(3)34-12-11-29-25(22)34/h11-14,19-20H,6-10,15H2,1-5H3,(H,30,35). The zero-order chi connectivity index (χ0) is 25.3. The average Bonchev–Trinajstić information content (AvgIpc) is 3.32. The van der Waals surface area contributed by atoms with Crippen LogP contribution in [0.15, 0.2) is 24.5 Å². The number of nitrogens with zero attached hydrogens (tertiary/aromatic N) is 5. The molecule has 0 spiro atoms. The molecule has 0 aliphatic heterocycles. The minimum absolute atomic E-state index is 0.194.